The van der Waals surface area contributed by atoms with Gasteiger partial charge in [-0.05, 0) is 85.3 Å². The quantitative estimate of drug-likeness (QED) is 0.209. The average Bonchev–Trinajstić information content (AvgIpc) is 2.96. The first kappa shape index (κ1) is 40.8. The zero-order chi connectivity index (χ0) is 37.1. The number of benzene rings is 2. The number of primary amides is 1. The van der Waals surface area contributed by atoms with Crippen LogP contribution in [-0.2, 0) is 35.1 Å². The van der Waals surface area contributed by atoms with Crippen LogP contribution < -0.4 is 16.4 Å². The van der Waals surface area contributed by atoms with Gasteiger partial charge in [0, 0.05) is 12.5 Å². The maximum atomic E-state index is 14.6. The van der Waals surface area contributed by atoms with Crippen molar-refractivity contribution in [3.63, 3.8) is 0 Å². The molecule has 4 unspecified atom stereocenters. The normalized spacial score (nSPS) is 14.2. The van der Waals surface area contributed by atoms with E-state index >= 15 is 0 Å². The highest BCUT2D eigenvalue weighted by Crippen LogP contribution is 2.29. The molecule has 2 aromatic carbocycles. The fourth-order valence-corrected chi connectivity index (χ4v) is 5.20. The summed E-state index contributed by atoms with van der Waals surface area (Å²) in [4.78, 5) is 69.3. The molecule has 0 bridgehead atoms. The predicted molar refractivity (Wildman–Crippen MR) is 189 cm³/mol. The Bertz CT molecular complexity index is 1410. The molecule has 49 heavy (non-hydrogen) atoms. The Morgan fingerprint density at radius 3 is 1.86 bits per heavy atom. The van der Waals surface area contributed by atoms with E-state index in [1.165, 1.54) is 4.90 Å². The third-order valence-electron chi connectivity index (χ3n) is 7.50. The Morgan fingerprint density at radius 1 is 0.776 bits per heavy atom. The van der Waals surface area contributed by atoms with Crippen molar-refractivity contribution in [2.24, 2.45) is 11.7 Å². The first-order valence-electron chi connectivity index (χ1n) is 16.9. The number of amides is 4. The van der Waals surface area contributed by atoms with Crippen LogP contribution in [0.15, 0.2) is 54.6 Å². The molecule has 0 saturated heterocycles. The first-order chi connectivity index (χ1) is 22.7. The third kappa shape index (κ3) is 14.3. The average molecular weight is 681 g/mol. The largest absolute Gasteiger partial charge is 0.458 e. The minimum atomic E-state index is -1.43. The lowest BCUT2D eigenvalue weighted by Gasteiger charge is -2.39. The van der Waals surface area contributed by atoms with Crippen LogP contribution in [0.2, 0.25) is 0 Å². The lowest BCUT2D eigenvalue weighted by Crippen LogP contribution is -2.57. The van der Waals surface area contributed by atoms with Gasteiger partial charge in [0.05, 0.1) is 6.42 Å². The number of carbonyl (C=O) groups excluding carboxylic acids is 5. The second kappa shape index (κ2) is 17.8. The summed E-state index contributed by atoms with van der Waals surface area (Å²) in [5.41, 5.74) is 6.07. The van der Waals surface area contributed by atoms with Gasteiger partial charge in [-0.2, -0.15) is 0 Å². The topological polar surface area (TPSA) is 157 Å². The minimum Gasteiger partial charge on any atom is -0.458 e. The molecule has 0 aliphatic heterocycles. The lowest BCUT2D eigenvalue weighted by molar-refractivity contribution is -0.159. The zero-order valence-electron chi connectivity index (χ0n) is 30.8. The highest BCUT2D eigenvalue weighted by Gasteiger charge is 2.41. The maximum absolute atomic E-state index is 14.6. The molecular formula is C38H56N4O7. The van der Waals surface area contributed by atoms with E-state index in [1.54, 1.807) is 53.7 Å². The molecule has 4 atom stereocenters. The van der Waals surface area contributed by atoms with Gasteiger partial charge in [-0.25, -0.2) is 9.59 Å². The SMILES string of the molecule is Cc1ccc(C(C(=O)NC(Cc2ccccc2)C(=O)OC(C)(C)C)N(C(=O)C(CC(N)=O)NC(=O)OC(C)(C)C)C(C)CCC(C)C)cc1. The number of carbonyl (C=O) groups is 5. The van der Waals surface area contributed by atoms with Crippen LogP contribution in [0.4, 0.5) is 4.79 Å². The first-order valence-corrected chi connectivity index (χ1v) is 16.9. The van der Waals surface area contributed by atoms with E-state index in [0.717, 1.165) is 17.5 Å². The molecule has 0 aromatic heterocycles. The molecule has 4 N–H and O–H groups in total. The van der Waals surface area contributed by atoms with Crippen LogP contribution >= 0.6 is 0 Å². The van der Waals surface area contributed by atoms with Gasteiger partial charge in [0.1, 0.15) is 29.3 Å². The van der Waals surface area contributed by atoms with E-state index in [9.17, 15) is 24.0 Å². The van der Waals surface area contributed by atoms with Gasteiger partial charge < -0.3 is 30.7 Å². The molecule has 11 heteroatoms. The Labute approximate surface area is 291 Å². The summed E-state index contributed by atoms with van der Waals surface area (Å²) in [5.74, 6) is -2.49. The highest BCUT2D eigenvalue weighted by molar-refractivity contribution is 5.96. The van der Waals surface area contributed by atoms with E-state index < -0.39 is 71.6 Å². The van der Waals surface area contributed by atoms with E-state index in [1.807, 2.05) is 56.3 Å². The standard InChI is InChI=1S/C38H56N4O7/c1-24(2)16-19-26(4)42(34(45)29(23-31(39)43)41-36(47)49-38(8,9)10)32(28-20-17-25(3)18-21-28)33(44)40-30(35(46)48-37(5,6)7)22-27-14-12-11-13-15-27/h11-15,17-18,20-21,24,26,29-30,32H,16,19,22-23H2,1-10H3,(H2,39,43)(H,40,44)(H,41,47). The molecule has 11 nitrogen and oxygen atoms in total. The molecule has 0 saturated carbocycles. The maximum Gasteiger partial charge on any atom is 0.408 e. The molecule has 0 aliphatic rings. The number of nitrogens with one attached hydrogen (secondary N) is 2. The van der Waals surface area contributed by atoms with Gasteiger partial charge in [0.15, 0.2) is 0 Å². The molecule has 0 fully saturated rings. The Balaban J connectivity index is 2.71. The molecule has 4 amide bonds. The minimum absolute atomic E-state index is 0.142. The highest BCUT2D eigenvalue weighted by atomic mass is 16.6. The van der Waals surface area contributed by atoms with Crippen molar-refractivity contribution in [3.8, 4) is 0 Å². The molecule has 270 valence electrons. The van der Waals surface area contributed by atoms with Crippen molar-refractivity contribution in [1.29, 1.82) is 0 Å². The summed E-state index contributed by atoms with van der Waals surface area (Å²) in [6, 6.07) is 12.1. The van der Waals surface area contributed by atoms with Gasteiger partial charge in [-0.15, -0.1) is 0 Å². The summed E-state index contributed by atoms with van der Waals surface area (Å²) in [5, 5.41) is 5.41. The number of esters is 1. The van der Waals surface area contributed by atoms with Crippen molar-refractivity contribution in [3.05, 3.63) is 71.3 Å². The van der Waals surface area contributed by atoms with Crippen LogP contribution in [0.25, 0.3) is 0 Å². The van der Waals surface area contributed by atoms with Crippen molar-refractivity contribution in [2.75, 3.05) is 0 Å². The van der Waals surface area contributed by atoms with E-state index in [-0.39, 0.29) is 12.3 Å². The number of hydrogen-bond donors (Lipinski definition) is 3. The molecule has 0 heterocycles. The second-order valence-electron chi connectivity index (χ2n) is 15.0. The fraction of sp³-hybridized carbons (Fsp3) is 0.553. The summed E-state index contributed by atoms with van der Waals surface area (Å²) in [6.07, 6.45) is -0.0621. The zero-order valence-corrected chi connectivity index (χ0v) is 30.8. The Morgan fingerprint density at radius 2 is 1.35 bits per heavy atom. The van der Waals surface area contributed by atoms with E-state index in [0.29, 0.717) is 12.0 Å². The van der Waals surface area contributed by atoms with Crippen LogP contribution in [0.5, 0.6) is 0 Å². The number of nitrogens with zero attached hydrogens (tertiary/aromatic N) is 1. The van der Waals surface area contributed by atoms with E-state index in [2.05, 4.69) is 24.5 Å². The van der Waals surface area contributed by atoms with Gasteiger partial charge in [-0.1, -0.05) is 74.0 Å². The van der Waals surface area contributed by atoms with Crippen molar-refractivity contribution >= 4 is 29.8 Å². The molecule has 0 radical (unpaired) electrons. The van der Waals surface area contributed by atoms with Gasteiger partial charge in [0.25, 0.3) is 0 Å². The van der Waals surface area contributed by atoms with Crippen LogP contribution in [0, 0.1) is 12.8 Å². The van der Waals surface area contributed by atoms with Crippen LogP contribution in [-0.4, -0.2) is 64.0 Å². The molecule has 0 aliphatic carbocycles. The summed E-state index contributed by atoms with van der Waals surface area (Å²) >= 11 is 0. The van der Waals surface area contributed by atoms with E-state index in [4.69, 9.17) is 15.2 Å². The smallest absolute Gasteiger partial charge is 0.408 e. The monoisotopic (exact) mass is 680 g/mol. The predicted octanol–water partition coefficient (Wildman–Crippen LogP) is 5.53. The van der Waals surface area contributed by atoms with Gasteiger partial charge >= 0.3 is 12.1 Å². The summed E-state index contributed by atoms with van der Waals surface area (Å²) in [7, 11) is 0. The summed E-state index contributed by atoms with van der Waals surface area (Å²) < 4.78 is 11.1. The molecule has 2 aromatic rings. The van der Waals surface area contributed by atoms with Crippen LogP contribution in [0.3, 0.4) is 0 Å². The number of nitrogens with two attached hydrogens (primary N) is 1. The second-order valence-corrected chi connectivity index (χ2v) is 15.0. The number of rotatable bonds is 15. The number of ether oxygens (including phenoxy) is 2. The molecular weight excluding hydrogens is 624 g/mol. The third-order valence-corrected chi connectivity index (χ3v) is 7.50. The lowest BCUT2D eigenvalue weighted by atomic mass is 9.95. The summed E-state index contributed by atoms with van der Waals surface area (Å²) in [6.45, 7) is 18.1. The Hall–Kier alpha value is -4.41. The Kier molecular flexibility index (Phi) is 14.8. The number of aryl methyl sites for hydroxylation is 1. The van der Waals surface area contributed by atoms with Crippen molar-refractivity contribution in [2.45, 2.75) is 130 Å². The fourth-order valence-electron chi connectivity index (χ4n) is 5.20. The van der Waals surface area contributed by atoms with Crippen molar-refractivity contribution < 1.29 is 33.4 Å². The van der Waals surface area contributed by atoms with Crippen molar-refractivity contribution in [1.82, 2.24) is 15.5 Å². The van der Waals surface area contributed by atoms with Gasteiger partial charge in [-0.3, -0.25) is 14.4 Å². The number of hydrogen-bond acceptors (Lipinski definition) is 7. The molecule has 2 rings (SSSR count). The molecule has 0 spiro atoms. The van der Waals surface area contributed by atoms with Gasteiger partial charge in [0.2, 0.25) is 17.7 Å². The number of alkyl carbamates (subject to hydrolysis) is 1. The van der Waals surface area contributed by atoms with Crippen LogP contribution in [0.1, 0.15) is 104 Å².